The molecule has 0 spiro atoms. The van der Waals surface area contributed by atoms with Crippen molar-refractivity contribution in [3.05, 3.63) is 70.4 Å². The van der Waals surface area contributed by atoms with E-state index >= 15 is 0 Å². The molecule has 4 N–H and O–H groups in total. The van der Waals surface area contributed by atoms with Crippen LogP contribution in [0.15, 0.2) is 53.2 Å². The number of nitrogens with zero attached hydrogens (tertiary/aromatic N) is 2. The van der Waals surface area contributed by atoms with Gasteiger partial charge in [-0.25, -0.2) is 4.79 Å². The van der Waals surface area contributed by atoms with Gasteiger partial charge in [-0.2, -0.15) is 0 Å². The molecule has 1 atom stereocenters. The first-order chi connectivity index (χ1) is 15.8. The Bertz CT molecular complexity index is 1200. The van der Waals surface area contributed by atoms with Gasteiger partial charge in [0.15, 0.2) is 5.54 Å². The highest BCUT2D eigenvalue weighted by Gasteiger charge is 2.50. The number of nitrogens with one attached hydrogen (secondary N) is 2. The van der Waals surface area contributed by atoms with E-state index in [1.54, 1.807) is 61.4 Å². The Labute approximate surface area is 191 Å². The topological polar surface area (TPSA) is 126 Å². The van der Waals surface area contributed by atoms with E-state index < -0.39 is 17.5 Å². The molecule has 9 heteroatoms. The summed E-state index contributed by atoms with van der Waals surface area (Å²) in [6.07, 6.45) is 1.65. The number of rotatable bonds is 6. The van der Waals surface area contributed by atoms with Crippen LogP contribution in [0.3, 0.4) is 0 Å². The molecular weight excluding hydrogens is 422 g/mol. The molecule has 33 heavy (non-hydrogen) atoms. The molecule has 2 aliphatic heterocycles. The van der Waals surface area contributed by atoms with Gasteiger partial charge in [-0.3, -0.25) is 19.9 Å². The lowest BCUT2D eigenvalue weighted by Crippen LogP contribution is -2.52. The Morgan fingerprint density at radius 1 is 1.21 bits per heavy atom. The molecule has 0 aromatic heterocycles. The summed E-state index contributed by atoms with van der Waals surface area (Å²) in [7, 11) is 1.54. The maximum Gasteiger partial charge on any atom is 0.322 e. The van der Waals surface area contributed by atoms with E-state index in [4.69, 9.17) is 10.5 Å². The van der Waals surface area contributed by atoms with Gasteiger partial charge < -0.3 is 20.7 Å². The Balaban J connectivity index is 1.69. The van der Waals surface area contributed by atoms with Crippen molar-refractivity contribution < 1.29 is 19.1 Å². The number of carbonyl (C=O) groups is 3. The molecule has 1 saturated heterocycles. The van der Waals surface area contributed by atoms with E-state index in [2.05, 4.69) is 15.6 Å². The molecule has 4 rings (SSSR count). The molecule has 0 bridgehead atoms. The van der Waals surface area contributed by atoms with Crippen LogP contribution in [0.5, 0.6) is 5.75 Å². The number of fused-ring (bicyclic) bond motifs is 1. The summed E-state index contributed by atoms with van der Waals surface area (Å²) in [5.74, 6) is -0.163. The van der Waals surface area contributed by atoms with Gasteiger partial charge in [0, 0.05) is 29.6 Å². The average Bonchev–Trinajstić information content (AvgIpc) is 3.27. The van der Waals surface area contributed by atoms with Crippen LogP contribution >= 0.6 is 0 Å². The van der Waals surface area contributed by atoms with E-state index in [1.807, 2.05) is 6.07 Å². The number of hydrogen-bond acceptors (Lipinski definition) is 6. The molecule has 170 valence electrons. The molecule has 4 amide bonds. The molecular formula is C24H25N5O4. The van der Waals surface area contributed by atoms with Crippen LogP contribution in [0.1, 0.15) is 40.9 Å². The zero-order valence-electron chi connectivity index (χ0n) is 18.6. The van der Waals surface area contributed by atoms with Crippen molar-refractivity contribution in [2.45, 2.75) is 25.9 Å². The first-order valence-electron chi connectivity index (χ1n) is 10.4. The number of imide groups is 1. The normalized spacial score (nSPS) is 20.6. The summed E-state index contributed by atoms with van der Waals surface area (Å²) in [5.41, 5.74) is 8.39. The highest BCUT2D eigenvalue weighted by Crippen LogP contribution is 2.33. The van der Waals surface area contributed by atoms with Crippen LogP contribution in [-0.2, 0) is 16.9 Å². The molecule has 2 aromatic carbocycles. The summed E-state index contributed by atoms with van der Waals surface area (Å²) in [4.78, 5) is 44.1. The number of allylic oxidation sites excluding steroid dienone is 1. The van der Waals surface area contributed by atoms with Crippen LogP contribution in [0.2, 0.25) is 0 Å². The van der Waals surface area contributed by atoms with Gasteiger partial charge in [0.1, 0.15) is 5.75 Å². The van der Waals surface area contributed by atoms with Crippen LogP contribution in [0.4, 0.5) is 4.79 Å². The minimum atomic E-state index is -1.42. The largest absolute Gasteiger partial charge is 0.497 e. The molecule has 1 fully saturated rings. The minimum Gasteiger partial charge on any atom is -0.497 e. The van der Waals surface area contributed by atoms with Crippen molar-refractivity contribution in [1.82, 2.24) is 15.5 Å². The van der Waals surface area contributed by atoms with Gasteiger partial charge in [-0.15, -0.1) is 0 Å². The zero-order chi connectivity index (χ0) is 23.8. The third-order valence-electron chi connectivity index (χ3n) is 5.85. The van der Waals surface area contributed by atoms with Crippen molar-refractivity contribution >= 4 is 29.8 Å². The summed E-state index contributed by atoms with van der Waals surface area (Å²) >= 11 is 0. The second-order valence-corrected chi connectivity index (χ2v) is 7.99. The number of urea groups is 1. The molecule has 0 saturated carbocycles. The number of nitrogens with two attached hydrogens (primary N) is 1. The van der Waals surface area contributed by atoms with Crippen molar-refractivity contribution in [3.8, 4) is 5.75 Å². The maximum atomic E-state index is 13.1. The number of methoxy groups -OCH3 is 1. The smallest absolute Gasteiger partial charge is 0.322 e. The van der Waals surface area contributed by atoms with Crippen LogP contribution < -0.4 is 21.1 Å². The van der Waals surface area contributed by atoms with Gasteiger partial charge in [0.25, 0.3) is 11.8 Å². The Morgan fingerprint density at radius 3 is 2.52 bits per heavy atom. The van der Waals surface area contributed by atoms with E-state index in [9.17, 15) is 14.4 Å². The number of carbonyl (C=O) groups excluding carboxylic acids is 3. The minimum absolute atomic E-state index is 0.0223. The van der Waals surface area contributed by atoms with Crippen LogP contribution in [0.25, 0.3) is 5.70 Å². The Hall–Kier alpha value is -4.14. The third-order valence-corrected chi connectivity index (χ3v) is 5.85. The summed E-state index contributed by atoms with van der Waals surface area (Å²) in [6, 6.07) is 11.8. The van der Waals surface area contributed by atoms with Crippen molar-refractivity contribution in [2.75, 3.05) is 13.7 Å². The molecule has 9 nitrogen and oxygen atoms in total. The van der Waals surface area contributed by atoms with Gasteiger partial charge in [-0.1, -0.05) is 30.3 Å². The Morgan fingerprint density at radius 2 is 1.94 bits per heavy atom. The average molecular weight is 447 g/mol. The van der Waals surface area contributed by atoms with Crippen molar-refractivity contribution in [1.29, 1.82) is 0 Å². The molecule has 2 aromatic rings. The van der Waals surface area contributed by atoms with Gasteiger partial charge in [-0.05, 0) is 37.1 Å². The van der Waals surface area contributed by atoms with Crippen molar-refractivity contribution in [3.63, 3.8) is 0 Å². The predicted molar refractivity (Wildman–Crippen MR) is 123 cm³/mol. The first kappa shape index (κ1) is 22.1. The number of hydrogen-bond donors (Lipinski definition) is 3. The molecule has 0 radical (unpaired) electrons. The Kier molecular flexibility index (Phi) is 5.63. The fourth-order valence-electron chi connectivity index (χ4n) is 4.22. The lowest BCUT2D eigenvalue weighted by molar-refractivity contribution is -0.124. The lowest BCUT2D eigenvalue weighted by Gasteiger charge is -2.31. The van der Waals surface area contributed by atoms with E-state index in [-0.39, 0.29) is 12.5 Å². The summed E-state index contributed by atoms with van der Waals surface area (Å²) in [6.45, 7) is 3.86. The van der Waals surface area contributed by atoms with Crippen LogP contribution in [-0.4, -0.2) is 42.6 Å². The van der Waals surface area contributed by atoms with Gasteiger partial charge >= 0.3 is 6.03 Å². The fourth-order valence-corrected chi connectivity index (χ4v) is 4.22. The third kappa shape index (κ3) is 3.82. The predicted octanol–water partition coefficient (Wildman–Crippen LogP) is 2.12. The van der Waals surface area contributed by atoms with Gasteiger partial charge in [0.2, 0.25) is 0 Å². The van der Waals surface area contributed by atoms with E-state index in [0.29, 0.717) is 34.8 Å². The van der Waals surface area contributed by atoms with Crippen LogP contribution in [0, 0.1) is 0 Å². The number of benzene rings is 2. The second kappa shape index (κ2) is 8.42. The highest BCUT2D eigenvalue weighted by atomic mass is 16.5. The van der Waals surface area contributed by atoms with Crippen molar-refractivity contribution in [2.24, 2.45) is 10.7 Å². The lowest BCUT2D eigenvalue weighted by atomic mass is 9.88. The van der Waals surface area contributed by atoms with E-state index in [0.717, 1.165) is 11.1 Å². The maximum absolute atomic E-state index is 13.1. The highest BCUT2D eigenvalue weighted by molar-refractivity contribution is 6.08. The number of ether oxygens (including phenoxy) is 1. The molecule has 0 aliphatic carbocycles. The standard InChI is InChI=1S/C24H25N5O4/c1-4-26-20(14(2)25)15-5-8-17(9-6-15)24(22(31)27-23(32)28-24)13-29-12-16-7-10-18(33-3)11-19(16)21(29)30/h4-11H,12-13,25H2,1-3H3,(H2,27,28,31,32)/b20-14-,26-4-/t24-/m1/s1. The molecule has 2 aliphatic rings. The van der Waals surface area contributed by atoms with E-state index in [1.165, 1.54) is 7.11 Å². The number of amides is 4. The first-order valence-corrected chi connectivity index (χ1v) is 10.4. The number of aliphatic imine (C=N–C) groups is 1. The monoisotopic (exact) mass is 447 g/mol. The zero-order valence-corrected chi connectivity index (χ0v) is 18.6. The SMILES string of the molecule is C/C=N\C(=C(\C)N)c1ccc([C@@]2(CN3Cc4ccc(OC)cc4C3=O)NC(=O)NC2=O)cc1. The summed E-state index contributed by atoms with van der Waals surface area (Å²) in [5, 5.41) is 5.05. The fraction of sp³-hybridized carbons (Fsp3) is 0.250. The second-order valence-electron chi connectivity index (χ2n) is 7.99. The molecule has 0 unspecified atom stereocenters. The van der Waals surface area contributed by atoms with Gasteiger partial charge in [0.05, 0.1) is 19.4 Å². The summed E-state index contributed by atoms with van der Waals surface area (Å²) < 4.78 is 5.23. The molecule has 2 heterocycles. The quantitative estimate of drug-likeness (QED) is 0.462.